The molecule has 114 valence electrons. The van der Waals surface area contributed by atoms with E-state index in [-0.39, 0.29) is 18.4 Å². The van der Waals surface area contributed by atoms with E-state index >= 15 is 0 Å². The van der Waals surface area contributed by atoms with Crippen molar-refractivity contribution in [1.29, 1.82) is 0 Å². The van der Waals surface area contributed by atoms with Crippen molar-refractivity contribution in [2.24, 2.45) is 17.6 Å². The lowest BCUT2D eigenvalue weighted by Gasteiger charge is -2.35. The van der Waals surface area contributed by atoms with E-state index < -0.39 is 17.9 Å². The van der Waals surface area contributed by atoms with Crippen LogP contribution in [0.1, 0.15) is 25.8 Å². The van der Waals surface area contributed by atoms with Crippen LogP contribution >= 0.6 is 0 Å². The van der Waals surface area contributed by atoms with Gasteiger partial charge < -0.3 is 15.7 Å². The largest absolute Gasteiger partial charge is 0.481 e. The van der Waals surface area contributed by atoms with Gasteiger partial charge in [-0.3, -0.25) is 9.59 Å². The molecule has 0 aliphatic carbocycles. The summed E-state index contributed by atoms with van der Waals surface area (Å²) in [5.74, 6) is -1.58. The van der Waals surface area contributed by atoms with Gasteiger partial charge in [0.15, 0.2) is 0 Å². The van der Waals surface area contributed by atoms with E-state index in [0.717, 1.165) is 17.7 Å². The standard InChI is InChI=1S/C16H22N2O3/c1-3-10(2)14(17)15(19)18-9-12(16(20)21)8-11-6-4-5-7-13(11)18/h4-7,10,12,14H,3,8-9,17H2,1-2H3,(H,20,21)/t10?,12?,14-/m0/s1. The van der Waals surface area contributed by atoms with Crippen molar-refractivity contribution in [3.8, 4) is 0 Å². The van der Waals surface area contributed by atoms with Crippen molar-refractivity contribution in [2.75, 3.05) is 11.4 Å². The Bertz CT molecular complexity index is 544. The highest BCUT2D eigenvalue weighted by Gasteiger charge is 2.35. The first kappa shape index (κ1) is 15.5. The molecule has 1 amide bonds. The number of carbonyl (C=O) groups is 2. The van der Waals surface area contributed by atoms with E-state index in [2.05, 4.69) is 0 Å². The number of hydrogen-bond donors (Lipinski definition) is 2. The number of amides is 1. The molecule has 1 aliphatic heterocycles. The highest BCUT2D eigenvalue weighted by molar-refractivity contribution is 5.99. The molecule has 0 radical (unpaired) electrons. The Hall–Kier alpha value is -1.88. The normalized spacial score (nSPS) is 20.5. The fourth-order valence-electron chi connectivity index (χ4n) is 2.65. The van der Waals surface area contributed by atoms with Crippen LogP contribution in [0.2, 0.25) is 0 Å². The van der Waals surface area contributed by atoms with Crippen molar-refractivity contribution in [3.05, 3.63) is 29.8 Å². The third-order valence-electron chi connectivity index (χ3n) is 4.31. The summed E-state index contributed by atoms with van der Waals surface area (Å²) in [4.78, 5) is 25.5. The molecule has 0 saturated heterocycles. The Labute approximate surface area is 124 Å². The summed E-state index contributed by atoms with van der Waals surface area (Å²) in [6.07, 6.45) is 1.26. The fraction of sp³-hybridized carbons (Fsp3) is 0.500. The van der Waals surface area contributed by atoms with Crippen molar-refractivity contribution in [2.45, 2.75) is 32.7 Å². The van der Waals surface area contributed by atoms with Crippen molar-refractivity contribution >= 4 is 17.6 Å². The number of fused-ring (bicyclic) bond motifs is 1. The first-order valence-corrected chi connectivity index (χ1v) is 7.33. The Kier molecular flexibility index (Phi) is 4.63. The Morgan fingerprint density at radius 3 is 2.71 bits per heavy atom. The minimum atomic E-state index is -0.876. The smallest absolute Gasteiger partial charge is 0.308 e. The molecular weight excluding hydrogens is 268 g/mol. The summed E-state index contributed by atoms with van der Waals surface area (Å²) >= 11 is 0. The summed E-state index contributed by atoms with van der Waals surface area (Å²) in [6, 6.07) is 6.85. The highest BCUT2D eigenvalue weighted by Crippen LogP contribution is 2.30. The Morgan fingerprint density at radius 2 is 2.10 bits per heavy atom. The second-order valence-corrected chi connectivity index (χ2v) is 5.73. The van der Waals surface area contributed by atoms with Gasteiger partial charge in [-0.2, -0.15) is 0 Å². The van der Waals surface area contributed by atoms with Gasteiger partial charge in [-0.25, -0.2) is 0 Å². The maximum Gasteiger partial charge on any atom is 0.308 e. The summed E-state index contributed by atoms with van der Waals surface area (Å²) in [5.41, 5.74) is 7.72. The lowest BCUT2D eigenvalue weighted by atomic mass is 9.90. The van der Waals surface area contributed by atoms with Crippen LogP contribution in [0.15, 0.2) is 24.3 Å². The van der Waals surface area contributed by atoms with Crippen LogP contribution in [-0.4, -0.2) is 29.6 Å². The zero-order chi connectivity index (χ0) is 15.6. The Morgan fingerprint density at radius 1 is 1.43 bits per heavy atom. The second-order valence-electron chi connectivity index (χ2n) is 5.73. The molecule has 5 heteroatoms. The molecule has 2 unspecified atom stereocenters. The van der Waals surface area contributed by atoms with Crippen LogP contribution < -0.4 is 10.6 Å². The SMILES string of the molecule is CCC(C)[C@H](N)C(=O)N1CC(C(=O)O)Cc2ccccc21. The summed E-state index contributed by atoms with van der Waals surface area (Å²) in [5, 5.41) is 9.29. The number of nitrogens with two attached hydrogens (primary N) is 1. The van der Waals surface area contributed by atoms with E-state index in [1.807, 2.05) is 38.1 Å². The molecule has 3 N–H and O–H groups in total. The van der Waals surface area contributed by atoms with Gasteiger partial charge in [-0.1, -0.05) is 38.5 Å². The zero-order valence-electron chi connectivity index (χ0n) is 12.5. The molecule has 5 nitrogen and oxygen atoms in total. The third kappa shape index (κ3) is 3.08. The maximum absolute atomic E-state index is 12.6. The second kappa shape index (κ2) is 6.26. The lowest BCUT2D eigenvalue weighted by molar-refractivity contribution is -0.141. The monoisotopic (exact) mass is 290 g/mol. The molecule has 0 fully saturated rings. The number of nitrogens with zero attached hydrogens (tertiary/aromatic N) is 1. The van der Waals surface area contributed by atoms with Crippen LogP contribution in [0, 0.1) is 11.8 Å². The van der Waals surface area contributed by atoms with Gasteiger partial charge in [-0.15, -0.1) is 0 Å². The van der Waals surface area contributed by atoms with Crippen LogP contribution in [-0.2, 0) is 16.0 Å². The van der Waals surface area contributed by atoms with Crippen molar-refractivity contribution in [3.63, 3.8) is 0 Å². The molecule has 0 saturated carbocycles. The molecule has 1 aromatic rings. The minimum Gasteiger partial charge on any atom is -0.481 e. The van der Waals surface area contributed by atoms with E-state index in [9.17, 15) is 14.7 Å². The molecule has 1 aliphatic rings. The summed E-state index contributed by atoms with van der Waals surface area (Å²) in [6.45, 7) is 4.12. The number of carbonyl (C=O) groups excluding carboxylic acids is 1. The molecule has 2 rings (SSSR count). The van der Waals surface area contributed by atoms with Gasteiger partial charge in [0.05, 0.1) is 12.0 Å². The number of benzene rings is 1. The zero-order valence-corrected chi connectivity index (χ0v) is 12.5. The van der Waals surface area contributed by atoms with Crippen molar-refractivity contribution in [1.82, 2.24) is 0 Å². The molecule has 0 aromatic heterocycles. The van der Waals surface area contributed by atoms with E-state index in [0.29, 0.717) is 6.42 Å². The number of carboxylic acids is 1. The summed E-state index contributed by atoms with van der Waals surface area (Å²) < 4.78 is 0. The van der Waals surface area contributed by atoms with Gasteiger partial charge >= 0.3 is 5.97 Å². The maximum atomic E-state index is 12.6. The van der Waals surface area contributed by atoms with Gasteiger partial charge in [-0.05, 0) is 24.0 Å². The van der Waals surface area contributed by atoms with E-state index in [1.165, 1.54) is 0 Å². The van der Waals surface area contributed by atoms with Crippen molar-refractivity contribution < 1.29 is 14.7 Å². The topological polar surface area (TPSA) is 83.6 Å². The van der Waals surface area contributed by atoms with Gasteiger partial charge in [0.25, 0.3) is 0 Å². The number of hydrogen-bond acceptors (Lipinski definition) is 3. The average Bonchev–Trinajstić information content (AvgIpc) is 2.51. The molecule has 1 aromatic carbocycles. The van der Waals surface area contributed by atoms with E-state index in [1.54, 1.807) is 4.90 Å². The van der Waals surface area contributed by atoms with Crippen LogP contribution in [0.25, 0.3) is 0 Å². The number of para-hydroxylation sites is 1. The average molecular weight is 290 g/mol. The minimum absolute atomic E-state index is 0.0647. The lowest BCUT2D eigenvalue weighted by Crippen LogP contribution is -2.51. The predicted molar refractivity (Wildman–Crippen MR) is 81.1 cm³/mol. The van der Waals surface area contributed by atoms with Gasteiger partial charge in [0.2, 0.25) is 5.91 Å². The molecule has 0 spiro atoms. The first-order valence-electron chi connectivity index (χ1n) is 7.33. The molecule has 3 atom stereocenters. The van der Waals surface area contributed by atoms with Crippen LogP contribution in [0.3, 0.4) is 0 Å². The van der Waals surface area contributed by atoms with Crippen LogP contribution in [0.5, 0.6) is 0 Å². The molecule has 21 heavy (non-hydrogen) atoms. The molecular formula is C16H22N2O3. The van der Waals surface area contributed by atoms with Gasteiger partial charge in [0, 0.05) is 12.2 Å². The number of rotatable bonds is 4. The van der Waals surface area contributed by atoms with E-state index in [4.69, 9.17) is 5.73 Å². The third-order valence-corrected chi connectivity index (χ3v) is 4.31. The number of carboxylic acid groups (broad SMARTS) is 1. The quantitative estimate of drug-likeness (QED) is 0.883. The van der Waals surface area contributed by atoms with Crippen LogP contribution in [0.4, 0.5) is 5.69 Å². The molecule has 0 bridgehead atoms. The van der Waals surface area contributed by atoms with Gasteiger partial charge in [0.1, 0.15) is 0 Å². The highest BCUT2D eigenvalue weighted by atomic mass is 16.4. The number of aliphatic carboxylic acids is 1. The fourth-order valence-corrected chi connectivity index (χ4v) is 2.65. The Balaban J connectivity index is 2.33. The summed E-state index contributed by atoms with van der Waals surface area (Å²) in [7, 11) is 0. The first-order chi connectivity index (χ1) is 9.95. The molecule has 1 heterocycles. The predicted octanol–water partition coefficient (Wildman–Crippen LogP) is 1.65. The number of anilines is 1.